The number of amides is 2. The van der Waals surface area contributed by atoms with Gasteiger partial charge in [-0.25, -0.2) is 19.6 Å². The first kappa shape index (κ1) is 73.5. The molecule has 4 unspecified atom stereocenters. The third-order valence-electron chi connectivity index (χ3n) is 19.2. The van der Waals surface area contributed by atoms with Gasteiger partial charge in [-0.05, 0) is 73.6 Å². The van der Waals surface area contributed by atoms with Crippen molar-refractivity contribution in [1.29, 1.82) is 0 Å². The van der Waals surface area contributed by atoms with Crippen LogP contribution in [0.3, 0.4) is 0 Å². The first-order chi connectivity index (χ1) is 49.3. The number of anilines is 6. The molecule has 26 nitrogen and oxygen atoms in total. The molecule has 14 rings (SSSR count). The van der Waals surface area contributed by atoms with Crippen molar-refractivity contribution in [3.05, 3.63) is 180 Å². The van der Waals surface area contributed by atoms with Crippen LogP contribution in [-0.2, 0) is 27.4 Å². The van der Waals surface area contributed by atoms with E-state index in [1.54, 1.807) is 40.1 Å². The van der Waals surface area contributed by atoms with E-state index >= 15 is 0 Å². The zero-order chi connectivity index (χ0) is 70.0. The number of pyridine rings is 2. The number of fused-ring (bicyclic) bond motifs is 4. The molecule has 538 valence electrons. The Bertz CT molecular complexity index is 3970. The number of aromatic nitrogens is 6. The lowest BCUT2D eigenvalue weighted by Crippen LogP contribution is -2.54. The monoisotopic (exact) mass is 1410 g/mol. The van der Waals surface area contributed by atoms with Gasteiger partial charge in [0.2, 0.25) is 11.8 Å². The van der Waals surface area contributed by atoms with Gasteiger partial charge in [-0.1, -0.05) is 122 Å². The molecule has 6 fully saturated rings. The first-order valence-electron chi connectivity index (χ1n) is 34.5. The molecule has 8 aromatic rings. The van der Waals surface area contributed by atoms with E-state index < -0.39 is 7.12 Å². The van der Waals surface area contributed by atoms with E-state index in [0.29, 0.717) is 117 Å². The molecule has 0 radical (unpaired) electrons. The van der Waals surface area contributed by atoms with Gasteiger partial charge in [0.05, 0.1) is 17.1 Å². The molecule has 0 saturated carbocycles. The molecule has 0 aliphatic carbocycles. The highest BCUT2D eigenvalue weighted by Crippen LogP contribution is 2.41. The summed E-state index contributed by atoms with van der Waals surface area (Å²) in [5.74, 6) is 2.56. The Kier molecular flexibility index (Phi) is 25.7. The molecule has 102 heavy (non-hydrogen) atoms. The number of carbonyl (C=O) groups is 2. The number of hydrogen-bond acceptors (Lipinski definition) is 24. The first-order valence-corrected chi connectivity index (χ1v) is 34.8. The summed E-state index contributed by atoms with van der Waals surface area (Å²) in [6.07, 6.45) is 7.60. The van der Waals surface area contributed by atoms with Crippen molar-refractivity contribution in [3.8, 4) is 28.8 Å². The summed E-state index contributed by atoms with van der Waals surface area (Å²) in [6, 6.07) is 48.0. The van der Waals surface area contributed by atoms with Gasteiger partial charge in [0.25, 0.3) is 0 Å². The number of aryl methyl sites for hydroxylation is 1. The SMILES string of the molecule is C.COCOc1ccccc1B(O)O.Cc1ccccc1-c1cc(N2CC3CCC(C2)N3c2ccnc(OCCN3CCN(C(=O)OCc4ccccc4)CC3)c2)c(N)nn1.Nc1nnc(Cl)cc1N1CC2CCC(C1)N2c1ccnc(OCCN2CCN(C(=O)OCc3ccccc3)CC2)c1. The summed E-state index contributed by atoms with van der Waals surface area (Å²) < 4.78 is 33.0. The van der Waals surface area contributed by atoms with E-state index in [1.165, 1.54) is 7.11 Å². The zero-order valence-electron chi connectivity index (χ0n) is 57.1. The number of carbonyl (C=O) groups excluding carboxylic acids is 2. The largest absolute Gasteiger partial charge is 0.492 e. The zero-order valence-corrected chi connectivity index (χ0v) is 57.9. The van der Waals surface area contributed by atoms with Crippen molar-refractivity contribution in [2.75, 3.05) is 150 Å². The number of hydrogen-bond donors (Lipinski definition) is 4. The molecule has 10 heterocycles. The maximum Gasteiger partial charge on any atom is 0.492 e. The quantitative estimate of drug-likeness (QED) is 0.0393. The van der Waals surface area contributed by atoms with Gasteiger partial charge in [-0.2, -0.15) is 0 Å². The second-order valence-corrected chi connectivity index (χ2v) is 26.1. The maximum atomic E-state index is 12.5. The summed E-state index contributed by atoms with van der Waals surface area (Å²) in [7, 11) is -0.0223. The van der Waals surface area contributed by atoms with E-state index in [0.717, 1.165) is 142 Å². The van der Waals surface area contributed by atoms with Crippen molar-refractivity contribution in [3.63, 3.8) is 0 Å². The number of benzene rings is 4. The van der Waals surface area contributed by atoms with Crippen molar-refractivity contribution >= 4 is 70.8 Å². The number of para-hydroxylation sites is 1. The molecule has 4 bridgehead atoms. The van der Waals surface area contributed by atoms with Crippen molar-refractivity contribution in [2.45, 2.75) is 77.4 Å². The Hall–Kier alpha value is -9.77. The standard InChI is InChI=1S/C36H42N8O3.C29H35ClN8O3.C8H11BO4.CH4/c1-26-7-5-6-10-31(26)32-22-33(35(37)40-39-32)43-23-29-11-12-30(24-43)44(29)28-13-14-38-34(21-28)46-20-19-41-15-17-42(18-16-41)36(45)47-25-27-8-3-2-4-9-27;30-26-17-25(28(31)34-33-26)37-18-23-6-7-24(19-37)38(23)22-8-9-32-27(16-22)40-15-14-35-10-12-36(13-11-35)29(39)41-20-21-4-2-1-3-5-21;1-12-6-13-8-5-3-2-4-7(8)9(10)11;/h2-10,13-14,21-22,29-30H,11-12,15-20,23-25H2,1H3,(H2,37,40);1-5,8-9,16-17,23-24H,6-7,10-15,18-20H2,(H2,31,34);2-5,10-11H,6H2,1H3;1H4. The smallest absolute Gasteiger partial charge is 0.476 e. The molecule has 4 aromatic heterocycles. The van der Waals surface area contributed by atoms with Crippen LogP contribution in [-0.4, -0.2) is 222 Å². The fourth-order valence-electron chi connectivity index (χ4n) is 14.0. The van der Waals surface area contributed by atoms with Crippen LogP contribution in [0.5, 0.6) is 17.5 Å². The Balaban J connectivity index is 0.000000174. The number of nitrogens with zero attached hydrogens (tertiary/aromatic N) is 14. The molecule has 6 aliphatic rings. The molecule has 6 aliphatic heterocycles. The van der Waals surface area contributed by atoms with Crippen LogP contribution in [0.1, 0.15) is 49.8 Å². The lowest BCUT2D eigenvalue weighted by Gasteiger charge is -2.43. The normalized spacial score (nSPS) is 18.6. The third-order valence-corrected chi connectivity index (χ3v) is 19.4. The lowest BCUT2D eigenvalue weighted by atomic mass is 9.80. The topological polar surface area (TPSA) is 285 Å². The van der Waals surface area contributed by atoms with Crippen LogP contribution in [0.15, 0.2) is 158 Å². The highest BCUT2D eigenvalue weighted by atomic mass is 35.5. The minimum Gasteiger partial charge on any atom is -0.476 e. The number of methoxy groups -OCH3 is 1. The number of halogens is 1. The third kappa shape index (κ3) is 19.0. The predicted octanol–water partition coefficient (Wildman–Crippen LogP) is 7.90. The van der Waals surface area contributed by atoms with Crippen LogP contribution < -0.4 is 50.7 Å². The molecule has 6 N–H and O–H groups in total. The van der Waals surface area contributed by atoms with Gasteiger partial charge in [0, 0.05) is 176 Å². The van der Waals surface area contributed by atoms with Crippen molar-refractivity contribution in [1.82, 2.24) is 50.0 Å². The number of ether oxygens (including phenoxy) is 6. The van der Waals surface area contributed by atoms with Crippen LogP contribution in [0.4, 0.5) is 44.0 Å². The fourth-order valence-corrected chi connectivity index (χ4v) is 14.2. The van der Waals surface area contributed by atoms with Crippen LogP contribution in [0.25, 0.3) is 11.3 Å². The van der Waals surface area contributed by atoms with Crippen molar-refractivity contribution in [2.24, 2.45) is 0 Å². The molecule has 6 saturated heterocycles. The summed E-state index contributed by atoms with van der Waals surface area (Å²) in [5, 5.41) is 34.8. The van der Waals surface area contributed by atoms with Crippen LogP contribution >= 0.6 is 11.6 Å². The minimum absolute atomic E-state index is 0. The summed E-state index contributed by atoms with van der Waals surface area (Å²) in [5.41, 5.74) is 22.0. The second-order valence-electron chi connectivity index (χ2n) is 25.7. The summed E-state index contributed by atoms with van der Waals surface area (Å²) in [6.45, 7) is 14.5. The average Bonchev–Trinajstić information content (AvgIpc) is 1.49. The van der Waals surface area contributed by atoms with Gasteiger partial charge in [-0.15, -0.1) is 20.4 Å². The molecular weight excluding hydrogens is 1320 g/mol. The highest BCUT2D eigenvalue weighted by Gasteiger charge is 2.43. The molecule has 28 heteroatoms. The van der Waals surface area contributed by atoms with E-state index in [1.807, 2.05) is 91.3 Å². The summed E-state index contributed by atoms with van der Waals surface area (Å²) in [4.78, 5) is 51.8. The Morgan fingerprint density at radius 3 is 1.48 bits per heavy atom. The van der Waals surface area contributed by atoms with E-state index in [9.17, 15) is 9.59 Å². The van der Waals surface area contributed by atoms with E-state index in [-0.39, 0.29) is 26.4 Å². The van der Waals surface area contributed by atoms with Gasteiger partial charge in [0.15, 0.2) is 23.6 Å². The van der Waals surface area contributed by atoms with Crippen LogP contribution in [0.2, 0.25) is 5.15 Å². The molecule has 0 spiro atoms. The maximum absolute atomic E-state index is 12.5. The average molecular weight is 1410 g/mol. The number of nitrogens with two attached hydrogens (primary N) is 2. The summed E-state index contributed by atoms with van der Waals surface area (Å²) >= 11 is 6.10. The van der Waals surface area contributed by atoms with E-state index in [2.05, 4.69) is 103 Å². The Morgan fingerprint density at radius 1 is 0.549 bits per heavy atom. The lowest BCUT2D eigenvalue weighted by molar-refractivity contribution is 0.0517. The molecule has 4 aromatic carbocycles. The Morgan fingerprint density at radius 2 is 1.00 bits per heavy atom. The van der Waals surface area contributed by atoms with Crippen LogP contribution in [0, 0.1) is 6.92 Å². The van der Waals surface area contributed by atoms with E-state index in [4.69, 9.17) is 61.5 Å². The number of nitrogen functional groups attached to an aromatic ring is 2. The predicted molar refractivity (Wildman–Crippen MR) is 395 cm³/mol. The number of piperazine rings is 4. The minimum atomic E-state index is -1.52. The highest BCUT2D eigenvalue weighted by molar-refractivity contribution is 6.59. The van der Waals surface area contributed by atoms with Gasteiger partial charge < -0.3 is 79.3 Å². The molecule has 4 atom stereocenters. The van der Waals surface area contributed by atoms with Gasteiger partial charge in [-0.3, -0.25) is 9.80 Å². The number of rotatable bonds is 21. The Labute approximate surface area is 601 Å². The van der Waals surface area contributed by atoms with Gasteiger partial charge >= 0.3 is 19.3 Å². The second kappa shape index (κ2) is 35.7. The van der Waals surface area contributed by atoms with Gasteiger partial charge in [0.1, 0.15) is 32.2 Å². The van der Waals surface area contributed by atoms with Crippen molar-refractivity contribution < 1.29 is 48.1 Å². The molecular formula is C74H92BClN16O10. The molecule has 2 amide bonds. The fraction of sp³-hybridized carbons (Fsp3) is 0.405.